The van der Waals surface area contributed by atoms with Crippen molar-refractivity contribution in [2.75, 3.05) is 5.73 Å². The highest BCUT2D eigenvalue weighted by Crippen LogP contribution is 2.36. The van der Waals surface area contributed by atoms with Gasteiger partial charge in [-0.1, -0.05) is 23.7 Å². The van der Waals surface area contributed by atoms with E-state index in [4.69, 9.17) is 22.1 Å². The zero-order valence-electron chi connectivity index (χ0n) is 10.3. The molecule has 0 saturated heterocycles. The van der Waals surface area contributed by atoms with Crippen LogP contribution >= 0.6 is 11.6 Å². The highest BCUT2D eigenvalue weighted by Gasteiger charge is 2.15. The zero-order chi connectivity index (χ0) is 14.1. The van der Waals surface area contributed by atoms with Crippen molar-refractivity contribution in [3.05, 3.63) is 59.5 Å². The van der Waals surface area contributed by atoms with Crippen LogP contribution < -0.4 is 10.5 Å². The van der Waals surface area contributed by atoms with Crippen LogP contribution in [0.1, 0.15) is 0 Å². The van der Waals surface area contributed by atoms with Gasteiger partial charge in [0.25, 0.3) is 0 Å². The van der Waals surface area contributed by atoms with Crippen LogP contribution in [-0.2, 0) is 0 Å². The van der Waals surface area contributed by atoms with Crippen molar-refractivity contribution in [1.82, 2.24) is 4.98 Å². The van der Waals surface area contributed by atoms with Gasteiger partial charge in [-0.05, 0) is 24.3 Å². The highest BCUT2D eigenvalue weighted by atomic mass is 35.5. The van der Waals surface area contributed by atoms with E-state index in [9.17, 15) is 4.39 Å². The quantitative estimate of drug-likeness (QED) is 0.711. The molecular formula is C15H10ClFN2O. The molecule has 0 atom stereocenters. The summed E-state index contributed by atoms with van der Waals surface area (Å²) >= 11 is 6.02. The maximum atomic E-state index is 14.1. The van der Waals surface area contributed by atoms with Gasteiger partial charge in [0, 0.05) is 23.3 Å². The van der Waals surface area contributed by atoms with Crippen molar-refractivity contribution in [1.29, 1.82) is 0 Å². The van der Waals surface area contributed by atoms with E-state index < -0.39 is 5.82 Å². The monoisotopic (exact) mass is 288 g/mol. The fraction of sp³-hybridized carbons (Fsp3) is 0. The van der Waals surface area contributed by atoms with Crippen LogP contribution in [0.15, 0.2) is 48.7 Å². The Labute approximate surface area is 119 Å². The van der Waals surface area contributed by atoms with Gasteiger partial charge in [-0.3, -0.25) is 4.98 Å². The summed E-state index contributed by atoms with van der Waals surface area (Å²) in [7, 11) is 0. The molecule has 0 aliphatic rings. The molecule has 0 amide bonds. The second-order valence-electron chi connectivity index (χ2n) is 4.21. The molecule has 3 nitrogen and oxygen atoms in total. The van der Waals surface area contributed by atoms with Gasteiger partial charge in [-0.15, -0.1) is 0 Å². The standard InChI is InChI=1S/C15H10ClFN2O/c16-10-5-1-2-6-13(10)20-15-11(17)8-12(18)9-4-3-7-19-14(9)15/h1-8H,18H2. The minimum atomic E-state index is -0.575. The molecule has 20 heavy (non-hydrogen) atoms. The SMILES string of the molecule is Nc1cc(F)c(Oc2ccccc2Cl)c2ncccc12. The Kier molecular flexibility index (Phi) is 3.16. The number of hydrogen-bond donors (Lipinski definition) is 1. The Morgan fingerprint density at radius 2 is 1.95 bits per heavy atom. The van der Waals surface area contributed by atoms with E-state index in [-0.39, 0.29) is 5.75 Å². The molecule has 0 radical (unpaired) electrons. The second kappa shape index (κ2) is 4.98. The lowest BCUT2D eigenvalue weighted by atomic mass is 10.1. The van der Waals surface area contributed by atoms with Crippen LogP contribution in [0.5, 0.6) is 11.5 Å². The minimum Gasteiger partial charge on any atom is -0.450 e. The summed E-state index contributed by atoms with van der Waals surface area (Å²) in [6.07, 6.45) is 1.56. The van der Waals surface area contributed by atoms with Crippen LogP contribution in [0.3, 0.4) is 0 Å². The topological polar surface area (TPSA) is 48.1 Å². The number of fused-ring (bicyclic) bond motifs is 1. The smallest absolute Gasteiger partial charge is 0.189 e. The number of halogens is 2. The largest absolute Gasteiger partial charge is 0.450 e. The minimum absolute atomic E-state index is 0.0166. The van der Waals surface area contributed by atoms with E-state index in [2.05, 4.69) is 4.98 Å². The van der Waals surface area contributed by atoms with E-state index in [1.165, 1.54) is 6.07 Å². The molecule has 2 N–H and O–H groups in total. The third kappa shape index (κ3) is 2.14. The van der Waals surface area contributed by atoms with Gasteiger partial charge in [0.05, 0.1) is 5.02 Å². The van der Waals surface area contributed by atoms with Gasteiger partial charge in [0.15, 0.2) is 11.6 Å². The average molecular weight is 289 g/mol. The van der Waals surface area contributed by atoms with Crippen molar-refractivity contribution in [2.45, 2.75) is 0 Å². The number of hydrogen-bond acceptors (Lipinski definition) is 3. The molecule has 0 aliphatic carbocycles. The summed E-state index contributed by atoms with van der Waals surface area (Å²) in [5, 5.41) is 1.03. The van der Waals surface area contributed by atoms with Crippen molar-refractivity contribution in [2.24, 2.45) is 0 Å². The molecule has 0 unspecified atom stereocenters. The molecule has 0 fully saturated rings. The van der Waals surface area contributed by atoms with Gasteiger partial charge in [-0.25, -0.2) is 4.39 Å². The molecule has 2 aromatic carbocycles. The van der Waals surface area contributed by atoms with Crippen LogP contribution in [0, 0.1) is 5.82 Å². The first-order chi connectivity index (χ1) is 9.66. The fourth-order valence-electron chi connectivity index (χ4n) is 1.95. The molecule has 100 valence electrons. The molecule has 0 aliphatic heterocycles. The van der Waals surface area contributed by atoms with Crippen LogP contribution in [-0.4, -0.2) is 4.98 Å². The number of nitrogens with two attached hydrogens (primary N) is 1. The maximum Gasteiger partial charge on any atom is 0.189 e. The predicted octanol–water partition coefficient (Wildman–Crippen LogP) is 4.40. The van der Waals surface area contributed by atoms with Gasteiger partial charge in [0.2, 0.25) is 0 Å². The summed E-state index contributed by atoms with van der Waals surface area (Å²) in [5.74, 6) is -0.193. The number of benzene rings is 2. The number of pyridine rings is 1. The summed E-state index contributed by atoms with van der Waals surface area (Å²) < 4.78 is 19.7. The summed E-state index contributed by atoms with van der Waals surface area (Å²) in [6, 6.07) is 11.6. The third-order valence-corrected chi connectivity index (χ3v) is 3.19. The Balaban J connectivity index is 2.19. The molecule has 0 bridgehead atoms. The maximum absolute atomic E-state index is 14.1. The summed E-state index contributed by atoms with van der Waals surface area (Å²) in [4.78, 5) is 4.14. The Morgan fingerprint density at radius 3 is 2.75 bits per heavy atom. The van der Waals surface area contributed by atoms with Crippen LogP contribution in [0.2, 0.25) is 5.02 Å². The molecular weight excluding hydrogens is 279 g/mol. The summed E-state index contributed by atoms with van der Waals surface area (Å²) in [5.41, 5.74) is 6.47. The normalized spacial score (nSPS) is 10.7. The van der Waals surface area contributed by atoms with Crippen molar-refractivity contribution >= 4 is 28.2 Å². The number of rotatable bonds is 2. The van der Waals surface area contributed by atoms with Gasteiger partial charge in [-0.2, -0.15) is 0 Å². The van der Waals surface area contributed by atoms with Crippen molar-refractivity contribution in [3.8, 4) is 11.5 Å². The van der Waals surface area contributed by atoms with Gasteiger partial charge >= 0.3 is 0 Å². The lowest BCUT2D eigenvalue weighted by Gasteiger charge is -2.11. The number of aromatic nitrogens is 1. The molecule has 0 saturated carbocycles. The lowest BCUT2D eigenvalue weighted by molar-refractivity contribution is 0.447. The van der Waals surface area contributed by atoms with E-state index in [0.717, 1.165) is 0 Å². The molecule has 1 aromatic heterocycles. The molecule has 5 heteroatoms. The van der Waals surface area contributed by atoms with E-state index >= 15 is 0 Å². The average Bonchev–Trinajstić information content (AvgIpc) is 2.45. The zero-order valence-corrected chi connectivity index (χ0v) is 11.1. The Hall–Kier alpha value is -2.33. The summed E-state index contributed by atoms with van der Waals surface area (Å²) in [6.45, 7) is 0. The number of nitrogen functional groups attached to an aromatic ring is 1. The molecule has 0 spiro atoms. The van der Waals surface area contributed by atoms with Crippen molar-refractivity contribution < 1.29 is 9.13 Å². The van der Waals surface area contributed by atoms with Crippen LogP contribution in [0.25, 0.3) is 10.9 Å². The van der Waals surface area contributed by atoms with Gasteiger partial charge < -0.3 is 10.5 Å². The third-order valence-electron chi connectivity index (χ3n) is 2.88. The predicted molar refractivity (Wildman–Crippen MR) is 77.6 cm³/mol. The highest BCUT2D eigenvalue weighted by molar-refractivity contribution is 6.32. The number of nitrogens with zero attached hydrogens (tertiary/aromatic N) is 1. The number of para-hydroxylation sites is 1. The number of ether oxygens (including phenoxy) is 1. The fourth-order valence-corrected chi connectivity index (χ4v) is 2.12. The van der Waals surface area contributed by atoms with Crippen molar-refractivity contribution in [3.63, 3.8) is 0 Å². The first-order valence-corrected chi connectivity index (χ1v) is 6.29. The van der Waals surface area contributed by atoms with E-state index in [1.54, 1.807) is 42.6 Å². The first-order valence-electron chi connectivity index (χ1n) is 5.92. The Bertz CT molecular complexity index is 792. The molecule has 1 heterocycles. The number of anilines is 1. The first kappa shape index (κ1) is 12.7. The Morgan fingerprint density at radius 1 is 1.15 bits per heavy atom. The lowest BCUT2D eigenvalue weighted by Crippen LogP contribution is -1.96. The van der Waals surface area contributed by atoms with E-state index in [1.807, 2.05) is 0 Å². The molecule has 3 aromatic rings. The molecule has 3 rings (SSSR count). The van der Waals surface area contributed by atoms with E-state index in [0.29, 0.717) is 27.4 Å². The second-order valence-corrected chi connectivity index (χ2v) is 4.62. The van der Waals surface area contributed by atoms with Gasteiger partial charge in [0.1, 0.15) is 11.3 Å². The van der Waals surface area contributed by atoms with Crippen LogP contribution in [0.4, 0.5) is 10.1 Å².